The largest absolute Gasteiger partial charge is 0.424 e. The highest BCUT2D eigenvalue weighted by Gasteiger charge is 2.12. The number of nitrogens with zero attached hydrogens (tertiary/aromatic N) is 3. The number of rotatable bonds is 4. The van der Waals surface area contributed by atoms with Crippen molar-refractivity contribution in [2.24, 2.45) is 0 Å². The van der Waals surface area contributed by atoms with Gasteiger partial charge in [-0.15, -0.1) is 0 Å². The molecule has 2 aromatic rings. The molecule has 0 spiro atoms. The van der Waals surface area contributed by atoms with Crippen molar-refractivity contribution in [1.29, 1.82) is 0 Å². The van der Waals surface area contributed by atoms with Gasteiger partial charge in [-0.3, -0.25) is 10.1 Å². The number of aromatic nitrogens is 2. The second-order valence-electron chi connectivity index (χ2n) is 4.42. The SMILES string of the molecule is CC(C)c1cc(Br)ccc1Oc1ncc([N+](=O)[O-])cn1. The van der Waals surface area contributed by atoms with E-state index >= 15 is 0 Å². The van der Waals surface area contributed by atoms with E-state index in [-0.39, 0.29) is 17.6 Å². The van der Waals surface area contributed by atoms with Gasteiger partial charge in [0.1, 0.15) is 18.1 Å². The molecule has 0 N–H and O–H groups in total. The lowest BCUT2D eigenvalue weighted by atomic mass is 10.0. The molecule has 0 aliphatic heterocycles. The minimum atomic E-state index is -0.553. The van der Waals surface area contributed by atoms with Crippen molar-refractivity contribution in [2.75, 3.05) is 0 Å². The highest BCUT2D eigenvalue weighted by atomic mass is 79.9. The molecule has 104 valence electrons. The molecule has 1 aromatic carbocycles. The monoisotopic (exact) mass is 337 g/mol. The van der Waals surface area contributed by atoms with E-state index < -0.39 is 4.92 Å². The molecule has 0 radical (unpaired) electrons. The van der Waals surface area contributed by atoms with E-state index in [1.54, 1.807) is 0 Å². The van der Waals surface area contributed by atoms with Gasteiger partial charge in [0.15, 0.2) is 0 Å². The summed E-state index contributed by atoms with van der Waals surface area (Å²) in [5, 5.41) is 10.5. The molecule has 0 bridgehead atoms. The lowest BCUT2D eigenvalue weighted by molar-refractivity contribution is -0.385. The lowest BCUT2D eigenvalue weighted by Gasteiger charge is -2.12. The average Bonchev–Trinajstić information content (AvgIpc) is 2.41. The third-order valence-electron chi connectivity index (χ3n) is 2.62. The number of ether oxygens (including phenoxy) is 1. The Hall–Kier alpha value is -2.02. The Labute approximate surface area is 124 Å². The Morgan fingerprint density at radius 2 is 1.95 bits per heavy atom. The van der Waals surface area contributed by atoms with Crippen molar-refractivity contribution in [2.45, 2.75) is 19.8 Å². The summed E-state index contributed by atoms with van der Waals surface area (Å²) in [6.45, 7) is 4.09. The molecule has 1 aromatic heterocycles. The quantitative estimate of drug-likeness (QED) is 0.620. The Bertz CT molecular complexity index is 629. The van der Waals surface area contributed by atoms with Crippen molar-refractivity contribution >= 4 is 21.6 Å². The highest BCUT2D eigenvalue weighted by molar-refractivity contribution is 9.10. The molecule has 0 saturated heterocycles. The van der Waals surface area contributed by atoms with Crippen molar-refractivity contribution in [1.82, 2.24) is 9.97 Å². The van der Waals surface area contributed by atoms with Gasteiger partial charge >= 0.3 is 11.7 Å². The first-order chi connectivity index (χ1) is 9.47. The minimum Gasteiger partial charge on any atom is -0.424 e. The van der Waals surface area contributed by atoms with Gasteiger partial charge in [0.25, 0.3) is 0 Å². The van der Waals surface area contributed by atoms with Gasteiger partial charge in [-0.2, -0.15) is 9.97 Å². The van der Waals surface area contributed by atoms with Crippen LogP contribution < -0.4 is 4.74 Å². The number of nitro groups is 1. The summed E-state index contributed by atoms with van der Waals surface area (Å²) in [7, 11) is 0. The van der Waals surface area contributed by atoms with Gasteiger partial charge < -0.3 is 4.74 Å². The van der Waals surface area contributed by atoms with E-state index in [1.165, 1.54) is 0 Å². The zero-order valence-corrected chi connectivity index (χ0v) is 12.5. The van der Waals surface area contributed by atoms with Crippen LogP contribution >= 0.6 is 15.9 Å². The smallest absolute Gasteiger partial charge is 0.322 e. The normalized spacial score (nSPS) is 10.6. The van der Waals surface area contributed by atoms with Crippen LogP contribution in [0.1, 0.15) is 25.3 Å². The molecule has 0 amide bonds. The predicted molar refractivity (Wildman–Crippen MR) is 77.0 cm³/mol. The summed E-state index contributed by atoms with van der Waals surface area (Å²) in [5.74, 6) is 0.901. The minimum absolute atomic E-state index is 0.0832. The van der Waals surface area contributed by atoms with Crippen LogP contribution in [0.5, 0.6) is 11.8 Å². The van der Waals surface area contributed by atoms with Crippen LogP contribution in [0, 0.1) is 10.1 Å². The molecule has 0 saturated carbocycles. The fourth-order valence-corrected chi connectivity index (χ4v) is 2.00. The Morgan fingerprint density at radius 1 is 1.30 bits per heavy atom. The maximum absolute atomic E-state index is 10.5. The second-order valence-corrected chi connectivity index (χ2v) is 5.34. The molecule has 0 aliphatic rings. The summed E-state index contributed by atoms with van der Waals surface area (Å²) in [6.07, 6.45) is 2.24. The highest BCUT2D eigenvalue weighted by Crippen LogP contribution is 2.31. The number of halogens is 1. The molecule has 20 heavy (non-hydrogen) atoms. The summed E-state index contributed by atoms with van der Waals surface area (Å²) < 4.78 is 6.55. The maximum atomic E-state index is 10.5. The Morgan fingerprint density at radius 3 is 2.50 bits per heavy atom. The average molecular weight is 338 g/mol. The van der Waals surface area contributed by atoms with Gasteiger partial charge in [-0.1, -0.05) is 29.8 Å². The van der Waals surface area contributed by atoms with E-state index in [9.17, 15) is 10.1 Å². The van der Waals surface area contributed by atoms with Crippen LogP contribution in [-0.4, -0.2) is 14.9 Å². The summed E-state index contributed by atoms with van der Waals surface area (Å²) in [5.41, 5.74) is 0.832. The fourth-order valence-electron chi connectivity index (χ4n) is 1.62. The van der Waals surface area contributed by atoms with Crippen LogP contribution in [-0.2, 0) is 0 Å². The number of benzene rings is 1. The predicted octanol–water partition coefficient (Wildman–Crippen LogP) is 4.06. The molecule has 1 heterocycles. The molecule has 2 rings (SSSR count). The van der Waals surface area contributed by atoms with Gasteiger partial charge in [0.05, 0.1) is 4.92 Å². The molecule has 0 unspecified atom stereocenters. The Balaban J connectivity index is 2.27. The number of hydrogen-bond acceptors (Lipinski definition) is 5. The van der Waals surface area contributed by atoms with Crippen molar-refractivity contribution in [3.8, 4) is 11.8 Å². The van der Waals surface area contributed by atoms with Crippen LogP contribution in [0.3, 0.4) is 0 Å². The summed E-state index contributed by atoms with van der Waals surface area (Å²) in [6, 6.07) is 5.71. The van der Waals surface area contributed by atoms with Crippen molar-refractivity contribution in [3.63, 3.8) is 0 Å². The van der Waals surface area contributed by atoms with E-state index in [4.69, 9.17) is 4.74 Å². The number of hydrogen-bond donors (Lipinski definition) is 0. The first-order valence-corrected chi connectivity index (χ1v) is 6.70. The third-order valence-corrected chi connectivity index (χ3v) is 3.11. The third kappa shape index (κ3) is 3.30. The fraction of sp³-hybridized carbons (Fsp3) is 0.231. The molecular formula is C13H12BrN3O3. The summed E-state index contributed by atoms with van der Waals surface area (Å²) >= 11 is 3.41. The standard InChI is InChI=1S/C13H12BrN3O3/c1-8(2)11-5-9(14)3-4-12(11)20-13-15-6-10(7-16-13)17(18)19/h3-8H,1-2H3. The summed E-state index contributed by atoms with van der Waals surface area (Å²) in [4.78, 5) is 17.6. The topological polar surface area (TPSA) is 78.2 Å². The van der Waals surface area contributed by atoms with Crippen LogP contribution in [0.4, 0.5) is 5.69 Å². The van der Waals surface area contributed by atoms with Crippen LogP contribution in [0.15, 0.2) is 35.1 Å². The molecule has 6 nitrogen and oxygen atoms in total. The molecule has 7 heteroatoms. The first-order valence-electron chi connectivity index (χ1n) is 5.91. The van der Waals surface area contributed by atoms with Gasteiger partial charge in [0, 0.05) is 4.47 Å². The van der Waals surface area contributed by atoms with Crippen molar-refractivity contribution in [3.05, 3.63) is 50.7 Å². The molecule has 0 atom stereocenters. The van der Waals surface area contributed by atoms with Gasteiger partial charge in [-0.05, 0) is 29.7 Å². The first kappa shape index (κ1) is 14.4. The zero-order chi connectivity index (χ0) is 14.7. The van der Waals surface area contributed by atoms with Crippen molar-refractivity contribution < 1.29 is 9.66 Å². The van der Waals surface area contributed by atoms with E-state index in [1.807, 2.05) is 32.0 Å². The van der Waals surface area contributed by atoms with E-state index in [2.05, 4.69) is 25.9 Å². The van der Waals surface area contributed by atoms with E-state index in [0.29, 0.717) is 5.75 Å². The zero-order valence-electron chi connectivity index (χ0n) is 10.9. The maximum Gasteiger partial charge on any atom is 0.322 e. The molecular weight excluding hydrogens is 326 g/mol. The van der Waals surface area contributed by atoms with Gasteiger partial charge in [0.2, 0.25) is 0 Å². The van der Waals surface area contributed by atoms with E-state index in [0.717, 1.165) is 22.4 Å². The Kier molecular flexibility index (Phi) is 4.29. The molecule has 0 aliphatic carbocycles. The second kappa shape index (κ2) is 5.96. The lowest BCUT2D eigenvalue weighted by Crippen LogP contribution is -1.98. The van der Waals surface area contributed by atoms with Gasteiger partial charge in [-0.25, -0.2) is 0 Å². The van der Waals surface area contributed by atoms with Crippen LogP contribution in [0.25, 0.3) is 0 Å². The van der Waals surface area contributed by atoms with Crippen LogP contribution in [0.2, 0.25) is 0 Å². The molecule has 0 fully saturated rings.